The van der Waals surface area contributed by atoms with Crippen molar-refractivity contribution in [1.82, 2.24) is 4.90 Å². The highest BCUT2D eigenvalue weighted by Crippen LogP contribution is 2.25. The molecule has 1 aliphatic carbocycles. The zero-order valence-corrected chi connectivity index (χ0v) is 11.5. The van der Waals surface area contributed by atoms with E-state index in [4.69, 9.17) is 5.41 Å². The number of nitrogens with one attached hydrogen (secondary N) is 1. The van der Waals surface area contributed by atoms with Gasteiger partial charge in [0.15, 0.2) is 5.84 Å². The van der Waals surface area contributed by atoms with E-state index in [2.05, 4.69) is 17.1 Å². The average molecular weight is 267 g/mol. The fraction of sp³-hybridized carbons (Fsp3) is 0.312. The van der Waals surface area contributed by atoms with Crippen LogP contribution in [0.25, 0.3) is 0 Å². The van der Waals surface area contributed by atoms with Crippen molar-refractivity contribution in [1.29, 1.82) is 5.41 Å². The van der Waals surface area contributed by atoms with Gasteiger partial charge in [-0.3, -0.25) is 15.1 Å². The first-order valence-corrected chi connectivity index (χ1v) is 6.89. The number of carbonyl (C=O) groups excluding carboxylic acids is 1. The molecular weight excluding hydrogens is 250 g/mol. The third-order valence-corrected chi connectivity index (χ3v) is 3.73. The lowest BCUT2D eigenvalue weighted by Gasteiger charge is -2.27. The van der Waals surface area contributed by atoms with Gasteiger partial charge in [0, 0.05) is 6.20 Å². The fourth-order valence-electron chi connectivity index (χ4n) is 2.61. The van der Waals surface area contributed by atoms with Gasteiger partial charge in [-0.2, -0.15) is 0 Å². The van der Waals surface area contributed by atoms with E-state index in [1.54, 1.807) is 6.20 Å². The maximum atomic E-state index is 12.5. The Morgan fingerprint density at radius 1 is 1.45 bits per heavy atom. The summed E-state index contributed by atoms with van der Waals surface area (Å²) in [4.78, 5) is 18.3. The van der Waals surface area contributed by atoms with Gasteiger partial charge in [0.1, 0.15) is 5.84 Å². The van der Waals surface area contributed by atoms with E-state index in [0.717, 1.165) is 24.8 Å². The van der Waals surface area contributed by atoms with Crippen LogP contribution in [0.3, 0.4) is 0 Å². The molecule has 0 radical (unpaired) electrons. The lowest BCUT2D eigenvalue weighted by atomic mass is 9.91. The first-order chi connectivity index (χ1) is 9.65. The lowest BCUT2D eigenvalue weighted by molar-refractivity contribution is -0.121. The standard InChI is InChI=1S/C16H17N3O/c1-11-7-8-19-14(9-11)18-15(17)13(16(19)20)10-12-5-3-2-4-6-12/h2-3,7-10,12,17H,4-6H2,1H3/b13-10-,17-15?. The summed E-state index contributed by atoms with van der Waals surface area (Å²) >= 11 is 0. The van der Waals surface area contributed by atoms with Crippen molar-refractivity contribution < 1.29 is 4.79 Å². The summed E-state index contributed by atoms with van der Waals surface area (Å²) in [5, 5.41) is 8.01. The van der Waals surface area contributed by atoms with Crippen LogP contribution in [-0.2, 0) is 4.79 Å². The van der Waals surface area contributed by atoms with Gasteiger partial charge in [-0.25, -0.2) is 4.99 Å². The summed E-state index contributed by atoms with van der Waals surface area (Å²) in [7, 11) is 0. The molecule has 1 atom stereocenters. The normalized spacial score (nSPS) is 27.6. The molecule has 4 nitrogen and oxygen atoms in total. The van der Waals surface area contributed by atoms with Gasteiger partial charge >= 0.3 is 0 Å². The molecule has 20 heavy (non-hydrogen) atoms. The highest BCUT2D eigenvalue weighted by atomic mass is 16.2. The number of hydrogen-bond acceptors (Lipinski definition) is 2. The van der Waals surface area contributed by atoms with Crippen LogP contribution in [0.15, 0.2) is 52.7 Å². The van der Waals surface area contributed by atoms with Gasteiger partial charge in [0.25, 0.3) is 5.91 Å². The summed E-state index contributed by atoms with van der Waals surface area (Å²) in [5.41, 5.74) is 1.46. The van der Waals surface area contributed by atoms with Crippen molar-refractivity contribution >= 4 is 17.6 Å². The molecule has 0 saturated carbocycles. The smallest absolute Gasteiger partial charge is 0.267 e. The third-order valence-electron chi connectivity index (χ3n) is 3.73. The van der Waals surface area contributed by atoms with Crippen LogP contribution >= 0.6 is 0 Å². The van der Waals surface area contributed by atoms with Crippen molar-refractivity contribution in [3.63, 3.8) is 0 Å². The van der Waals surface area contributed by atoms with Crippen LogP contribution in [-0.4, -0.2) is 22.5 Å². The molecule has 0 fully saturated rings. The zero-order valence-electron chi connectivity index (χ0n) is 11.5. The van der Waals surface area contributed by atoms with Gasteiger partial charge < -0.3 is 0 Å². The second-order valence-corrected chi connectivity index (χ2v) is 5.32. The molecule has 0 spiro atoms. The topological polar surface area (TPSA) is 56.5 Å². The molecule has 0 saturated heterocycles. The molecule has 2 heterocycles. The molecule has 102 valence electrons. The molecule has 1 N–H and O–H groups in total. The molecular formula is C16H17N3O. The molecule has 0 aromatic carbocycles. The Hall–Kier alpha value is -2.23. The van der Waals surface area contributed by atoms with E-state index in [0.29, 0.717) is 17.3 Å². The van der Waals surface area contributed by atoms with Crippen molar-refractivity contribution in [2.45, 2.75) is 26.2 Å². The molecule has 1 amide bonds. The van der Waals surface area contributed by atoms with Crippen LogP contribution in [0.1, 0.15) is 26.2 Å². The SMILES string of the molecule is CC1=CC2=NC(=N)/C(=C/C3CC=CCC3)C(=O)N2C=C1. The quantitative estimate of drug-likeness (QED) is 0.576. The predicted octanol–water partition coefficient (Wildman–Crippen LogP) is 2.96. The number of nitrogens with zero attached hydrogens (tertiary/aromatic N) is 2. The molecule has 3 rings (SSSR count). The van der Waals surface area contributed by atoms with E-state index in [1.165, 1.54) is 4.90 Å². The van der Waals surface area contributed by atoms with E-state index in [1.807, 2.05) is 25.2 Å². The third kappa shape index (κ3) is 2.29. The lowest BCUT2D eigenvalue weighted by Crippen LogP contribution is -2.40. The summed E-state index contributed by atoms with van der Waals surface area (Å²) < 4.78 is 0. The number of amidine groups is 2. The second kappa shape index (κ2) is 5.04. The van der Waals surface area contributed by atoms with E-state index in [9.17, 15) is 4.79 Å². The van der Waals surface area contributed by atoms with Crippen LogP contribution in [0, 0.1) is 11.3 Å². The van der Waals surface area contributed by atoms with Gasteiger partial charge in [-0.15, -0.1) is 0 Å². The number of fused-ring (bicyclic) bond motifs is 1. The van der Waals surface area contributed by atoms with Crippen molar-refractivity contribution in [3.8, 4) is 0 Å². The maximum absolute atomic E-state index is 12.5. The number of carbonyl (C=O) groups is 1. The minimum atomic E-state index is -0.144. The van der Waals surface area contributed by atoms with Crippen molar-refractivity contribution in [2.75, 3.05) is 0 Å². The van der Waals surface area contributed by atoms with Gasteiger partial charge in [-0.05, 0) is 49.8 Å². The monoisotopic (exact) mass is 267 g/mol. The van der Waals surface area contributed by atoms with Crippen LogP contribution in [0.2, 0.25) is 0 Å². The molecule has 0 aromatic heterocycles. The van der Waals surface area contributed by atoms with Gasteiger partial charge in [0.05, 0.1) is 5.57 Å². The maximum Gasteiger partial charge on any atom is 0.267 e. The van der Waals surface area contributed by atoms with Crippen LogP contribution in [0.5, 0.6) is 0 Å². The van der Waals surface area contributed by atoms with Crippen molar-refractivity contribution in [2.24, 2.45) is 10.9 Å². The first-order valence-electron chi connectivity index (χ1n) is 6.89. The number of amides is 1. The number of aliphatic imine (C=N–C) groups is 1. The average Bonchev–Trinajstić information content (AvgIpc) is 2.44. The molecule has 3 aliphatic rings. The summed E-state index contributed by atoms with van der Waals surface area (Å²) in [6, 6.07) is 0. The highest BCUT2D eigenvalue weighted by Gasteiger charge is 2.30. The largest absolute Gasteiger partial charge is 0.282 e. The highest BCUT2D eigenvalue weighted by molar-refractivity contribution is 6.31. The minimum Gasteiger partial charge on any atom is -0.282 e. The minimum absolute atomic E-state index is 0.0788. The second-order valence-electron chi connectivity index (χ2n) is 5.32. The fourth-order valence-corrected chi connectivity index (χ4v) is 2.61. The number of hydrogen-bond donors (Lipinski definition) is 1. The van der Waals surface area contributed by atoms with E-state index < -0.39 is 0 Å². The van der Waals surface area contributed by atoms with Crippen molar-refractivity contribution in [3.05, 3.63) is 47.7 Å². The zero-order chi connectivity index (χ0) is 14.1. The van der Waals surface area contributed by atoms with Gasteiger partial charge in [0.2, 0.25) is 0 Å². The molecule has 2 aliphatic heterocycles. The van der Waals surface area contributed by atoms with Crippen LogP contribution in [0.4, 0.5) is 0 Å². The number of rotatable bonds is 1. The summed E-state index contributed by atoms with van der Waals surface area (Å²) in [6.45, 7) is 1.95. The molecule has 4 heteroatoms. The molecule has 0 bridgehead atoms. The predicted molar refractivity (Wildman–Crippen MR) is 79.5 cm³/mol. The number of allylic oxidation sites excluding steroid dienone is 5. The Bertz CT molecular complexity index is 620. The van der Waals surface area contributed by atoms with Crippen LogP contribution < -0.4 is 0 Å². The Morgan fingerprint density at radius 2 is 2.30 bits per heavy atom. The summed E-state index contributed by atoms with van der Waals surface area (Å²) in [5.74, 6) is 0.812. The first kappa shape index (κ1) is 12.8. The van der Waals surface area contributed by atoms with Gasteiger partial charge in [-0.1, -0.05) is 18.2 Å². The van der Waals surface area contributed by atoms with E-state index >= 15 is 0 Å². The Balaban J connectivity index is 1.93. The Kier molecular flexibility index (Phi) is 3.22. The Morgan fingerprint density at radius 3 is 3.05 bits per heavy atom. The summed E-state index contributed by atoms with van der Waals surface area (Å²) in [6.07, 6.45) is 14.7. The molecule has 1 unspecified atom stereocenters. The Labute approximate surface area is 118 Å². The molecule has 0 aromatic rings. The van der Waals surface area contributed by atoms with E-state index in [-0.39, 0.29) is 11.7 Å².